The molecule has 0 aliphatic heterocycles. The van der Waals surface area contributed by atoms with Gasteiger partial charge in [0.2, 0.25) is 0 Å². The molecule has 0 amide bonds. The molecule has 0 radical (unpaired) electrons. The van der Waals surface area contributed by atoms with Gasteiger partial charge in [0.15, 0.2) is 0 Å². The molecule has 6 heteroatoms. The molecule has 0 aliphatic carbocycles. The standard InChI is InChI=1S/C15H19N3O2S/c1-4-10-8-17-14(21-10)9(2)18-13-11(15(19)20-3)6-5-7-12(13)16/h5-9,18H,4,16H2,1-3H3. The monoisotopic (exact) mass is 305 g/mol. The Morgan fingerprint density at radius 1 is 1.52 bits per heavy atom. The van der Waals surface area contributed by atoms with E-state index in [2.05, 4.69) is 17.2 Å². The van der Waals surface area contributed by atoms with Gasteiger partial charge >= 0.3 is 5.97 Å². The van der Waals surface area contributed by atoms with Gasteiger partial charge in [-0.2, -0.15) is 0 Å². The molecule has 2 aromatic rings. The van der Waals surface area contributed by atoms with E-state index in [4.69, 9.17) is 10.5 Å². The van der Waals surface area contributed by atoms with Gasteiger partial charge in [0.25, 0.3) is 0 Å². The number of ether oxygens (including phenoxy) is 1. The van der Waals surface area contributed by atoms with E-state index in [0.717, 1.165) is 11.4 Å². The van der Waals surface area contributed by atoms with Crippen molar-refractivity contribution in [1.82, 2.24) is 4.98 Å². The van der Waals surface area contributed by atoms with E-state index in [-0.39, 0.29) is 6.04 Å². The number of nitrogen functional groups attached to an aromatic ring is 1. The van der Waals surface area contributed by atoms with Crippen molar-refractivity contribution in [2.75, 3.05) is 18.2 Å². The Morgan fingerprint density at radius 2 is 2.29 bits per heavy atom. The molecule has 1 heterocycles. The highest BCUT2D eigenvalue weighted by atomic mass is 32.1. The van der Waals surface area contributed by atoms with Gasteiger partial charge in [-0.1, -0.05) is 13.0 Å². The third-order valence-electron chi connectivity index (χ3n) is 3.15. The molecule has 0 spiro atoms. The number of nitrogens with one attached hydrogen (secondary N) is 1. The normalized spacial score (nSPS) is 12.0. The van der Waals surface area contributed by atoms with Crippen LogP contribution in [0.4, 0.5) is 11.4 Å². The van der Waals surface area contributed by atoms with Gasteiger partial charge in [-0.3, -0.25) is 0 Å². The van der Waals surface area contributed by atoms with Crippen LogP contribution in [0.2, 0.25) is 0 Å². The molecular formula is C15H19N3O2S. The van der Waals surface area contributed by atoms with Crippen LogP contribution in [0.25, 0.3) is 0 Å². The van der Waals surface area contributed by atoms with Crippen LogP contribution < -0.4 is 11.1 Å². The van der Waals surface area contributed by atoms with E-state index in [1.807, 2.05) is 13.1 Å². The van der Waals surface area contributed by atoms with Crippen LogP contribution in [0.1, 0.15) is 40.1 Å². The number of hydrogen-bond donors (Lipinski definition) is 2. The summed E-state index contributed by atoms with van der Waals surface area (Å²) < 4.78 is 4.79. The van der Waals surface area contributed by atoms with Crippen LogP contribution in [0, 0.1) is 0 Å². The van der Waals surface area contributed by atoms with Gasteiger partial charge in [0.05, 0.1) is 30.1 Å². The number of nitrogens with zero attached hydrogens (tertiary/aromatic N) is 1. The van der Waals surface area contributed by atoms with Crippen molar-refractivity contribution in [2.24, 2.45) is 0 Å². The zero-order valence-corrected chi connectivity index (χ0v) is 13.2. The van der Waals surface area contributed by atoms with E-state index >= 15 is 0 Å². The number of rotatable bonds is 5. The third-order valence-corrected chi connectivity index (χ3v) is 4.48. The topological polar surface area (TPSA) is 77.2 Å². The summed E-state index contributed by atoms with van der Waals surface area (Å²) in [6.07, 6.45) is 2.85. The lowest BCUT2D eigenvalue weighted by atomic mass is 10.1. The Labute approximate surface area is 128 Å². The molecule has 1 atom stereocenters. The van der Waals surface area contributed by atoms with E-state index < -0.39 is 5.97 Å². The maximum Gasteiger partial charge on any atom is 0.340 e. The van der Waals surface area contributed by atoms with Gasteiger partial charge in [-0.15, -0.1) is 11.3 Å². The van der Waals surface area contributed by atoms with Crippen molar-refractivity contribution >= 4 is 28.7 Å². The first-order chi connectivity index (χ1) is 10.1. The second kappa shape index (κ2) is 6.58. The number of aromatic nitrogens is 1. The van der Waals surface area contributed by atoms with Gasteiger partial charge in [-0.25, -0.2) is 9.78 Å². The molecule has 3 N–H and O–H groups in total. The number of hydrogen-bond acceptors (Lipinski definition) is 6. The number of anilines is 2. The number of aryl methyl sites for hydroxylation is 1. The number of benzene rings is 1. The first-order valence-corrected chi connectivity index (χ1v) is 7.56. The predicted octanol–water partition coefficient (Wildman–Crippen LogP) is 3.25. The molecule has 0 bridgehead atoms. The van der Waals surface area contributed by atoms with E-state index in [0.29, 0.717) is 16.9 Å². The molecule has 112 valence electrons. The molecule has 2 rings (SSSR count). The molecule has 21 heavy (non-hydrogen) atoms. The number of thiazole rings is 1. The van der Waals surface area contributed by atoms with Gasteiger partial charge < -0.3 is 15.8 Å². The molecule has 1 unspecified atom stereocenters. The summed E-state index contributed by atoms with van der Waals surface area (Å²) in [5.74, 6) is -0.412. The Hall–Kier alpha value is -2.08. The minimum atomic E-state index is -0.412. The average Bonchev–Trinajstić information content (AvgIpc) is 2.97. The molecule has 0 fully saturated rings. The second-order valence-electron chi connectivity index (χ2n) is 4.65. The number of esters is 1. The molecule has 5 nitrogen and oxygen atoms in total. The van der Waals surface area contributed by atoms with Crippen LogP contribution in [-0.2, 0) is 11.2 Å². The van der Waals surface area contributed by atoms with Crippen LogP contribution >= 0.6 is 11.3 Å². The van der Waals surface area contributed by atoms with Crippen LogP contribution in [0.3, 0.4) is 0 Å². The fourth-order valence-corrected chi connectivity index (χ4v) is 2.84. The lowest BCUT2D eigenvalue weighted by Crippen LogP contribution is -2.13. The van der Waals surface area contributed by atoms with Crippen molar-refractivity contribution in [3.63, 3.8) is 0 Å². The molecule has 0 saturated carbocycles. The SMILES string of the molecule is CCc1cnc(C(C)Nc2c(N)cccc2C(=O)OC)s1. The maximum absolute atomic E-state index is 11.8. The second-order valence-corrected chi connectivity index (χ2v) is 5.79. The van der Waals surface area contributed by atoms with Crippen LogP contribution in [0.5, 0.6) is 0 Å². The summed E-state index contributed by atoms with van der Waals surface area (Å²) in [6, 6.07) is 5.14. The quantitative estimate of drug-likeness (QED) is 0.655. The predicted molar refractivity (Wildman–Crippen MR) is 85.7 cm³/mol. The molecular weight excluding hydrogens is 286 g/mol. The van der Waals surface area contributed by atoms with Gasteiger partial charge in [0, 0.05) is 11.1 Å². The maximum atomic E-state index is 11.8. The average molecular weight is 305 g/mol. The molecule has 1 aromatic carbocycles. The summed E-state index contributed by atoms with van der Waals surface area (Å²) in [4.78, 5) is 17.5. The third kappa shape index (κ3) is 3.33. The van der Waals surface area contributed by atoms with Gasteiger partial charge in [0.1, 0.15) is 5.01 Å². The Morgan fingerprint density at radius 3 is 2.90 bits per heavy atom. The first-order valence-electron chi connectivity index (χ1n) is 6.74. The number of methoxy groups -OCH3 is 1. The van der Waals surface area contributed by atoms with Crippen LogP contribution in [0.15, 0.2) is 24.4 Å². The van der Waals surface area contributed by atoms with Gasteiger partial charge in [-0.05, 0) is 25.5 Å². The van der Waals surface area contributed by atoms with E-state index in [1.165, 1.54) is 12.0 Å². The number of carbonyl (C=O) groups is 1. The summed E-state index contributed by atoms with van der Waals surface area (Å²) in [5.41, 5.74) is 7.51. The Kier molecular flexibility index (Phi) is 4.80. The smallest absolute Gasteiger partial charge is 0.340 e. The zero-order chi connectivity index (χ0) is 15.4. The first kappa shape index (κ1) is 15.3. The Bertz CT molecular complexity index is 640. The summed E-state index contributed by atoms with van der Waals surface area (Å²) >= 11 is 1.66. The molecule has 0 aliphatic rings. The van der Waals surface area contributed by atoms with Crippen molar-refractivity contribution in [1.29, 1.82) is 0 Å². The number of nitrogens with two attached hydrogens (primary N) is 1. The zero-order valence-electron chi connectivity index (χ0n) is 12.3. The van der Waals surface area contributed by atoms with E-state index in [9.17, 15) is 4.79 Å². The molecule has 0 saturated heterocycles. The summed E-state index contributed by atoms with van der Waals surface area (Å²) in [7, 11) is 1.35. The van der Waals surface area contributed by atoms with E-state index in [1.54, 1.807) is 29.5 Å². The lowest BCUT2D eigenvalue weighted by Gasteiger charge is -2.17. The molecule has 1 aromatic heterocycles. The summed E-state index contributed by atoms with van der Waals surface area (Å²) in [5, 5.41) is 4.23. The lowest BCUT2D eigenvalue weighted by molar-refractivity contribution is 0.0602. The minimum absolute atomic E-state index is 0.0385. The fraction of sp³-hybridized carbons (Fsp3) is 0.333. The van der Waals surface area contributed by atoms with Crippen LogP contribution in [-0.4, -0.2) is 18.1 Å². The minimum Gasteiger partial charge on any atom is -0.465 e. The highest BCUT2D eigenvalue weighted by molar-refractivity contribution is 7.11. The van der Waals surface area contributed by atoms with Crippen molar-refractivity contribution < 1.29 is 9.53 Å². The Balaban J connectivity index is 2.28. The van der Waals surface area contributed by atoms with Crippen molar-refractivity contribution in [3.05, 3.63) is 39.8 Å². The fourth-order valence-electron chi connectivity index (χ4n) is 1.98. The highest BCUT2D eigenvalue weighted by Crippen LogP contribution is 2.30. The largest absolute Gasteiger partial charge is 0.465 e. The highest BCUT2D eigenvalue weighted by Gasteiger charge is 2.18. The van der Waals surface area contributed by atoms with Crippen molar-refractivity contribution in [3.8, 4) is 0 Å². The summed E-state index contributed by atoms with van der Waals surface area (Å²) in [6.45, 7) is 4.09. The number of para-hydroxylation sites is 1. The van der Waals surface area contributed by atoms with Crippen molar-refractivity contribution in [2.45, 2.75) is 26.3 Å². The number of carbonyl (C=O) groups excluding carboxylic acids is 1.